The van der Waals surface area contributed by atoms with Crippen LogP contribution in [-0.4, -0.2) is 33.4 Å². The summed E-state index contributed by atoms with van der Waals surface area (Å²) in [6.45, 7) is 0.526. The molecular weight excluding hydrogens is 388 g/mol. The third-order valence-electron chi connectivity index (χ3n) is 6.01. The number of aromatic nitrogens is 2. The predicted octanol–water partition coefficient (Wildman–Crippen LogP) is 4.79. The van der Waals surface area contributed by atoms with E-state index in [4.69, 9.17) is 10.5 Å². The summed E-state index contributed by atoms with van der Waals surface area (Å²) in [6.07, 6.45) is 7.69. The number of ether oxygens (including phenoxy) is 1. The van der Waals surface area contributed by atoms with Gasteiger partial charge in [-0.1, -0.05) is 43.2 Å². The highest BCUT2D eigenvalue weighted by molar-refractivity contribution is 6.03. The molecule has 0 spiro atoms. The summed E-state index contributed by atoms with van der Waals surface area (Å²) in [4.78, 5) is 23.7. The summed E-state index contributed by atoms with van der Waals surface area (Å²) in [5.74, 6) is 1.82. The molecule has 0 atom stereocenters. The number of nitrogens with two attached hydrogens (primary N) is 1. The zero-order valence-electron chi connectivity index (χ0n) is 17.2. The van der Waals surface area contributed by atoms with Crippen LogP contribution in [0.25, 0.3) is 11.6 Å². The highest BCUT2D eigenvalue weighted by Gasteiger charge is 2.32. The lowest BCUT2D eigenvalue weighted by Gasteiger charge is -2.28. The summed E-state index contributed by atoms with van der Waals surface area (Å²) in [7, 11) is 0. The second-order valence-electron chi connectivity index (χ2n) is 8.00. The number of para-hydroxylation sites is 1. The third kappa shape index (κ3) is 3.89. The zero-order chi connectivity index (χ0) is 21.2. The van der Waals surface area contributed by atoms with Crippen LogP contribution >= 0.6 is 0 Å². The van der Waals surface area contributed by atoms with Gasteiger partial charge in [0, 0.05) is 18.2 Å². The molecule has 0 saturated heterocycles. The first-order valence-corrected chi connectivity index (χ1v) is 10.6. The van der Waals surface area contributed by atoms with Crippen molar-refractivity contribution >= 4 is 23.4 Å². The van der Waals surface area contributed by atoms with Gasteiger partial charge < -0.3 is 15.4 Å². The van der Waals surface area contributed by atoms with Gasteiger partial charge >= 0.3 is 0 Å². The Labute approximate surface area is 181 Å². The first kappa shape index (κ1) is 19.3. The van der Waals surface area contributed by atoms with Gasteiger partial charge in [0.05, 0.1) is 0 Å². The minimum atomic E-state index is -0.0636. The largest absolute Gasteiger partial charge is 0.457 e. The van der Waals surface area contributed by atoms with E-state index in [1.54, 1.807) is 0 Å². The van der Waals surface area contributed by atoms with Crippen molar-refractivity contribution in [2.45, 2.75) is 31.7 Å². The molecule has 31 heavy (non-hydrogen) atoms. The maximum absolute atomic E-state index is 13.3. The van der Waals surface area contributed by atoms with Crippen molar-refractivity contribution < 1.29 is 9.53 Å². The molecule has 1 aliphatic heterocycles. The summed E-state index contributed by atoms with van der Waals surface area (Å²) < 4.78 is 5.92. The Morgan fingerprint density at radius 1 is 0.935 bits per heavy atom. The number of anilines is 1. The smallest absolute Gasteiger partial charge is 0.273 e. The van der Waals surface area contributed by atoms with Crippen LogP contribution in [0.4, 0.5) is 5.82 Å². The Morgan fingerprint density at radius 2 is 1.65 bits per heavy atom. The molecule has 0 unspecified atom stereocenters. The van der Waals surface area contributed by atoms with Crippen molar-refractivity contribution in [1.82, 2.24) is 14.9 Å². The highest BCUT2D eigenvalue weighted by Crippen LogP contribution is 2.33. The van der Waals surface area contributed by atoms with E-state index in [1.807, 2.05) is 65.6 Å². The molecule has 0 bridgehead atoms. The lowest BCUT2D eigenvalue weighted by Crippen LogP contribution is -2.39. The molecule has 1 fully saturated rings. The average molecular weight is 412 g/mol. The van der Waals surface area contributed by atoms with Crippen LogP contribution in [-0.2, 0) is 0 Å². The Bertz CT molecular complexity index is 1120. The van der Waals surface area contributed by atoms with Gasteiger partial charge in [-0.05, 0) is 54.3 Å². The van der Waals surface area contributed by atoms with E-state index in [2.05, 4.69) is 9.97 Å². The number of amides is 1. The minimum absolute atomic E-state index is 0.0636. The molecule has 1 saturated carbocycles. The van der Waals surface area contributed by atoms with Crippen LogP contribution < -0.4 is 10.5 Å². The van der Waals surface area contributed by atoms with Crippen molar-refractivity contribution in [2.24, 2.45) is 0 Å². The Kier molecular flexibility index (Phi) is 5.12. The fraction of sp³-hybridized carbons (Fsp3) is 0.240. The number of carbonyl (C=O) groups is 1. The van der Waals surface area contributed by atoms with Gasteiger partial charge in [-0.15, -0.1) is 0 Å². The van der Waals surface area contributed by atoms with Crippen molar-refractivity contribution in [1.29, 1.82) is 0 Å². The number of hydrogen-bond acceptors (Lipinski definition) is 5. The van der Waals surface area contributed by atoms with Crippen LogP contribution in [0.5, 0.6) is 11.5 Å². The lowest BCUT2D eigenvalue weighted by atomic mass is 10.0. The number of nitrogen functional groups attached to an aromatic ring is 1. The summed E-state index contributed by atoms with van der Waals surface area (Å²) >= 11 is 0. The van der Waals surface area contributed by atoms with Crippen molar-refractivity contribution in [2.75, 3.05) is 12.3 Å². The van der Waals surface area contributed by atoms with Gasteiger partial charge in [-0.25, -0.2) is 9.97 Å². The fourth-order valence-corrected chi connectivity index (χ4v) is 4.38. The molecule has 2 N–H and O–H groups in total. The van der Waals surface area contributed by atoms with Gasteiger partial charge in [-0.3, -0.25) is 4.79 Å². The van der Waals surface area contributed by atoms with E-state index in [1.165, 1.54) is 6.33 Å². The minimum Gasteiger partial charge on any atom is -0.457 e. The molecule has 2 aliphatic rings. The normalized spacial score (nSPS) is 16.6. The first-order valence-electron chi connectivity index (χ1n) is 10.6. The van der Waals surface area contributed by atoms with Crippen LogP contribution in [0.2, 0.25) is 0 Å². The molecule has 3 aromatic rings. The number of rotatable bonds is 4. The molecular formula is C25H24N4O2. The molecule has 156 valence electrons. The van der Waals surface area contributed by atoms with E-state index < -0.39 is 0 Å². The predicted molar refractivity (Wildman–Crippen MR) is 121 cm³/mol. The Hall–Kier alpha value is -3.67. The van der Waals surface area contributed by atoms with Gasteiger partial charge in [0.1, 0.15) is 29.3 Å². The van der Waals surface area contributed by atoms with E-state index >= 15 is 0 Å². The molecule has 2 heterocycles. The standard InChI is InChI=1S/C25H24N4O2/c26-24-22-14-18(17-10-12-21(13-11-17)31-20-8-2-1-3-9-20)15-29(19-6-4-5-7-19)25(30)23(22)27-16-28-24/h1-3,8-14,16,19H,4-7,15H2,(H2,26,27,28). The van der Waals surface area contributed by atoms with Crippen molar-refractivity contribution in [3.63, 3.8) is 0 Å². The fourth-order valence-electron chi connectivity index (χ4n) is 4.38. The molecule has 2 aromatic carbocycles. The molecule has 6 nitrogen and oxygen atoms in total. The molecule has 1 aromatic heterocycles. The van der Waals surface area contributed by atoms with Gasteiger partial charge in [-0.2, -0.15) is 0 Å². The number of carbonyl (C=O) groups excluding carboxylic acids is 1. The van der Waals surface area contributed by atoms with Crippen LogP contribution in [0.3, 0.4) is 0 Å². The van der Waals surface area contributed by atoms with Gasteiger partial charge in [0.15, 0.2) is 0 Å². The number of fused-ring (bicyclic) bond motifs is 1. The number of hydrogen-bond donors (Lipinski definition) is 1. The first-order chi connectivity index (χ1) is 15.2. The summed E-state index contributed by atoms with van der Waals surface area (Å²) in [6, 6.07) is 17.9. The zero-order valence-corrected chi connectivity index (χ0v) is 17.2. The van der Waals surface area contributed by atoms with E-state index in [-0.39, 0.29) is 11.9 Å². The third-order valence-corrected chi connectivity index (χ3v) is 6.01. The SMILES string of the molecule is Nc1ncnc2c1C=C(c1ccc(Oc3ccccc3)cc1)CN(C1CCCC1)C2=O. The maximum atomic E-state index is 13.3. The molecule has 5 rings (SSSR count). The number of benzene rings is 2. The highest BCUT2D eigenvalue weighted by atomic mass is 16.5. The van der Waals surface area contributed by atoms with Crippen LogP contribution in [0.15, 0.2) is 60.9 Å². The van der Waals surface area contributed by atoms with Crippen molar-refractivity contribution in [3.8, 4) is 11.5 Å². The molecule has 6 heteroatoms. The van der Waals surface area contributed by atoms with Gasteiger partial charge in [0.2, 0.25) is 0 Å². The van der Waals surface area contributed by atoms with Gasteiger partial charge in [0.25, 0.3) is 5.91 Å². The summed E-state index contributed by atoms with van der Waals surface area (Å²) in [5.41, 5.74) is 9.17. The Morgan fingerprint density at radius 3 is 2.39 bits per heavy atom. The monoisotopic (exact) mass is 412 g/mol. The second kappa shape index (κ2) is 8.22. The maximum Gasteiger partial charge on any atom is 0.273 e. The average Bonchev–Trinajstić information content (AvgIpc) is 3.28. The lowest BCUT2D eigenvalue weighted by molar-refractivity contribution is 0.0706. The van der Waals surface area contributed by atoms with Crippen LogP contribution in [0.1, 0.15) is 47.3 Å². The molecule has 0 radical (unpaired) electrons. The van der Waals surface area contributed by atoms with Crippen molar-refractivity contribution in [3.05, 3.63) is 77.7 Å². The molecule has 1 amide bonds. The van der Waals surface area contributed by atoms with E-state index in [0.29, 0.717) is 23.6 Å². The number of nitrogens with zero attached hydrogens (tertiary/aromatic N) is 3. The topological polar surface area (TPSA) is 81.3 Å². The van der Waals surface area contributed by atoms with E-state index in [0.717, 1.165) is 48.3 Å². The second-order valence-corrected chi connectivity index (χ2v) is 8.00. The Balaban J connectivity index is 1.49. The van der Waals surface area contributed by atoms with E-state index in [9.17, 15) is 4.79 Å². The molecule has 1 aliphatic carbocycles. The summed E-state index contributed by atoms with van der Waals surface area (Å²) in [5, 5.41) is 0. The van der Waals surface area contributed by atoms with Crippen LogP contribution in [0, 0.1) is 0 Å². The quantitative estimate of drug-likeness (QED) is 0.666.